The van der Waals surface area contributed by atoms with Crippen molar-refractivity contribution in [2.75, 3.05) is 17.7 Å². The summed E-state index contributed by atoms with van der Waals surface area (Å²) in [5.41, 5.74) is 0.950. The summed E-state index contributed by atoms with van der Waals surface area (Å²) < 4.78 is 42.7. The average molecular weight is 494 g/mol. The van der Waals surface area contributed by atoms with Crippen molar-refractivity contribution in [2.45, 2.75) is 28.0 Å². The van der Waals surface area contributed by atoms with Gasteiger partial charge in [-0.1, -0.05) is 0 Å². The minimum Gasteiger partial charge on any atom is -0.363 e. The first-order chi connectivity index (χ1) is 13.9. The first-order valence-electron chi connectivity index (χ1n) is 9.40. The van der Waals surface area contributed by atoms with E-state index in [1.807, 2.05) is 0 Å². The fourth-order valence-corrected chi connectivity index (χ4v) is 6.61. The van der Waals surface area contributed by atoms with E-state index in [9.17, 15) is 12.8 Å². The molecule has 30 heavy (non-hydrogen) atoms. The van der Waals surface area contributed by atoms with Crippen LogP contribution in [0.25, 0.3) is 0 Å². The molecule has 0 spiro atoms. The minimum absolute atomic E-state index is 0.151. The molecule has 0 unspecified atom stereocenters. The molecule has 2 heterocycles. The van der Waals surface area contributed by atoms with E-state index in [0.29, 0.717) is 40.3 Å². The molecule has 8 nitrogen and oxygen atoms in total. The van der Waals surface area contributed by atoms with Crippen molar-refractivity contribution in [2.24, 2.45) is 4.99 Å². The number of nitrogens with zero attached hydrogens (tertiary/aromatic N) is 3. The lowest BCUT2D eigenvalue weighted by atomic mass is 9.60. The summed E-state index contributed by atoms with van der Waals surface area (Å²) in [7, 11) is 5.25. The Hall–Kier alpha value is -1.75. The summed E-state index contributed by atoms with van der Waals surface area (Å²) in [4.78, 5) is 4.21. The summed E-state index contributed by atoms with van der Waals surface area (Å²) >= 11 is 3.15. The van der Waals surface area contributed by atoms with Crippen LogP contribution < -0.4 is 10.6 Å². The second-order valence-electron chi connectivity index (χ2n) is 8.56. The van der Waals surface area contributed by atoms with E-state index in [1.165, 1.54) is 6.07 Å². The van der Waals surface area contributed by atoms with Crippen LogP contribution in [0, 0.1) is 5.82 Å². The predicted molar refractivity (Wildman–Crippen MR) is 130 cm³/mol. The Bertz CT molecular complexity index is 1070. The Kier molecular flexibility index (Phi) is 6.16. The molecule has 1 aromatic heterocycles. The fraction of sp³-hybridized carbons (Fsp3) is 0.400. The van der Waals surface area contributed by atoms with E-state index >= 15 is 0 Å². The SMILES string of the molecule is BC1(B)CC(Nc2nonc2/C(=N/C)Nc2ccc(F)c(Br)c2)CC(B)(B)S1(=O)=O. The molecule has 156 valence electrons. The van der Waals surface area contributed by atoms with Gasteiger partial charge in [0.25, 0.3) is 0 Å². The summed E-state index contributed by atoms with van der Waals surface area (Å²) in [5.74, 6) is 0.359. The quantitative estimate of drug-likeness (QED) is 0.297. The van der Waals surface area contributed by atoms with E-state index in [2.05, 4.69) is 41.9 Å². The molecule has 0 bridgehead atoms. The first-order valence-corrected chi connectivity index (χ1v) is 11.7. The lowest BCUT2D eigenvalue weighted by Crippen LogP contribution is -2.62. The van der Waals surface area contributed by atoms with E-state index in [4.69, 9.17) is 4.63 Å². The van der Waals surface area contributed by atoms with Gasteiger partial charge in [0, 0.05) is 27.9 Å². The van der Waals surface area contributed by atoms with Crippen LogP contribution in [0.2, 0.25) is 0 Å². The molecule has 1 fully saturated rings. The molecule has 1 aliphatic rings. The normalized spacial score (nSPS) is 20.6. The highest BCUT2D eigenvalue weighted by Gasteiger charge is 2.51. The van der Waals surface area contributed by atoms with Crippen LogP contribution in [0.15, 0.2) is 32.3 Å². The zero-order valence-electron chi connectivity index (χ0n) is 17.5. The van der Waals surface area contributed by atoms with Crippen LogP contribution in [0.3, 0.4) is 0 Å². The number of anilines is 2. The molecule has 15 heteroatoms. The summed E-state index contributed by atoms with van der Waals surface area (Å²) in [5, 5.41) is 14.2. The number of benzene rings is 1. The molecule has 0 saturated carbocycles. The van der Waals surface area contributed by atoms with E-state index in [-0.39, 0.29) is 11.9 Å². The van der Waals surface area contributed by atoms with E-state index in [0.717, 1.165) is 0 Å². The second kappa shape index (κ2) is 8.07. The van der Waals surface area contributed by atoms with Gasteiger partial charge in [-0.3, -0.25) is 4.99 Å². The maximum Gasteiger partial charge on any atom is 0.202 e. The van der Waals surface area contributed by atoms with Crippen LogP contribution >= 0.6 is 15.9 Å². The standard InChI is InChI=1S/C15H21B4BrFN5O3S/c1-22-12(23-7-2-3-10(21)9(20)4-7)11-13(26-29-25-11)24-8-5-14(16,17)30(27,28)15(18,19)6-8/h2-4,8H,5-6,16-19H2,1H3,(H,22,23)(H,24,26). The summed E-state index contributed by atoms with van der Waals surface area (Å²) in [6.45, 7) is 0. The van der Waals surface area contributed by atoms with Gasteiger partial charge in [0.1, 0.15) is 47.0 Å². The number of halogens is 2. The largest absolute Gasteiger partial charge is 0.363 e. The van der Waals surface area contributed by atoms with Crippen molar-refractivity contribution in [3.8, 4) is 0 Å². The Morgan fingerprint density at radius 3 is 2.47 bits per heavy atom. The van der Waals surface area contributed by atoms with Gasteiger partial charge < -0.3 is 10.6 Å². The molecular formula is C15H21B4BrFN5O3S. The smallest absolute Gasteiger partial charge is 0.202 e. The van der Waals surface area contributed by atoms with Gasteiger partial charge in [-0.25, -0.2) is 17.4 Å². The average Bonchev–Trinajstić information content (AvgIpc) is 3.08. The molecule has 1 aromatic carbocycles. The van der Waals surface area contributed by atoms with Crippen molar-refractivity contribution >= 4 is 74.5 Å². The third kappa shape index (κ3) is 4.18. The van der Waals surface area contributed by atoms with Crippen LogP contribution in [0.1, 0.15) is 18.5 Å². The van der Waals surface area contributed by atoms with Crippen molar-refractivity contribution in [3.05, 3.63) is 34.2 Å². The highest BCUT2D eigenvalue weighted by molar-refractivity contribution is 9.10. The maximum absolute atomic E-state index is 13.5. The first kappa shape index (κ1) is 22.9. The molecule has 0 aliphatic carbocycles. The number of aromatic nitrogens is 2. The van der Waals surface area contributed by atoms with Gasteiger partial charge in [0.05, 0.1) is 4.47 Å². The summed E-state index contributed by atoms with van der Waals surface area (Å²) in [6.07, 6.45) is 0.837. The Labute approximate surface area is 186 Å². The number of amidine groups is 1. The molecule has 1 saturated heterocycles. The molecule has 0 atom stereocenters. The second-order valence-corrected chi connectivity index (χ2v) is 12.6. The zero-order valence-corrected chi connectivity index (χ0v) is 19.9. The van der Waals surface area contributed by atoms with Crippen molar-refractivity contribution in [3.63, 3.8) is 0 Å². The van der Waals surface area contributed by atoms with Gasteiger partial charge >= 0.3 is 0 Å². The van der Waals surface area contributed by atoms with Crippen LogP contribution in [0.4, 0.5) is 15.9 Å². The third-order valence-electron chi connectivity index (χ3n) is 5.39. The van der Waals surface area contributed by atoms with Gasteiger partial charge in [0.15, 0.2) is 11.5 Å². The van der Waals surface area contributed by atoms with Crippen LogP contribution in [-0.4, -0.2) is 78.1 Å². The lowest BCUT2D eigenvalue weighted by molar-refractivity contribution is 0.307. The number of nitrogens with one attached hydrogen (secondary N) is 2. The van der Waals surface area contributed by atoms with Crippen LogP contribution in [0.5, 0.6) is 0 Å². The zero-order chi connectivity index (χ0) is 22.3. The predicted octanol–water partition coefficient (Wildman–Crippen LogP) is -1.71. The number of hydrogen-bond donors (Lipinski definition) is 2. The molecule has 0 radical (unpaired) electrons. The lowest BCUT2D eigenvalue weighted by Gasteiger charge is -2.45. The van der Waals surface area contributed by atoms with Gasteiger partial charge in [0.2, 0.25) is 5.82 Å². The Morgan fingerprint density at radius 2 is 1.90 bits per heavy atom. The Balaban J connectivity index is 1.83. The monoisotopic (exact) mass is 493 g/mol. The molecule has 0 amide bonds. The van der Waals surface area contributed by atoms with Crippen LogP contribution in [-0.2, 0) is 9.84 Å². The third-order valence-corrected chi connectivity index (χ3v) is 9.24. The van der Waals surface area contributed by atoms with E-state index in [1.54, 1.807) is 50.6 Å². The Morgan fingerprint density at radius 1 is 1.27 bits per heavy atom. The summed E-state index contributed by atoms with van der Waals surface area (Å²) in [6, 6.07) is 4.33. The minimum atomic E-state index is -3.30. The molecule has 1 aliphatic heterocycles. The number of sulfone groups is 1. The molecule has 2 N–H and O–H groups in total. The highest BCUT2D eigenvalue weighted by Crippen LogP contribution is 2.36. The van der Waals surface area contributed by atoms with Crippen molar-refractivity contribution < 1.29 is 17.4 Å². The molecule has 3 rings (SSSR count). The van der Waals surface area contributed by atoms with Gasteiger partial charge in [-0.2, -0.15) is 0 Å². The number of rotatable bonds is 4. The number of hydrogen-bond acceptors (Lipinski definition) is 7. The number of aliphatic imine (C=N–C) groups is 1. The van der Waals surface area contributed by atoms with Gasteiger partial charge in [-0.15, -0.1) is 0 Å². The van der Waals surface area contributed by atoms with Crippen molar-refractivity contribution in [1.82, 2.24) is 10.3 Å². The van der Waals surface area contributed by atoms with E-state index < -0.39 is 18.9 Å². The topological polar surface area (TPSA) is 109 Å². The molecule has 2 aromatic rings. The van der Waals surface area contributed by atoms with Crippen molar-refractivity contribution in [1.29, 1.82) is 0 Å². The fourth-order valence-electron chi connectivity index (χ4n) is 3.89. The molecular weight excluding hydrogens is 472 g/mol. The maximum atomic E-state index is 13.5. The highest BCUT2D eigenvalue weighted by atomic mass is 79.9. The van der Waals surface area contributed by atoms with Gasteiger partial charge in [-0.05, 0) is 57.3 Å².